The van der Waals surface area contributed by atoms with Gasteiger partial charge in [0.1, 0.15) is 5.01 Å². The molecule has 1 atom stereocenters. The van der Waals surface area contributed by atoms with Crippen LogP contribution in [0.25, 0.3) is 0 Å². The Kier molecular flexibility index (Phi) is 6.40. The van der Waals surface area contributed by atoms with E-state index in [1.807, 2.05) is 6.20 Å². The van der Waals surface area contributed by atoms with E-state index in [0.717, 1.165) is 23.9 Å². The maximum atomic E-state index is 4.34. The molecule has 1 heterocycles. The Morgan fingerprint density at radius 1 is 1.27 bits per heavy atom. The number of aliphatic imine (C=N–C) groups is 1. The van der Waals surface area contributed by atoms with Gasteiger partial charge >= 0.3 is 0 Å². The zero-order valence-corrected chi connectivity index (χ0v) is 14.3. The summed E-state index contributed by atoms with van der Waals surface area (Å²) in [6, 6.07) is 10.6. The minimum absolute atomic E-state index is 0.536. The lowest BCUT2D eigenvalue weighted by atomic mass is 9.98. The zero-order chi connectivity index (χ0) is 15.8. The molecule has 1 aromatic heterocycles. The van der Waals surface area contributed by atoms with Crippen molar-refractivity contribution in [1.29, 1.82) is 0 Å². The number of rotatable bonds is 6. The molecule has 4 nitrogen and oxygen atoms in total. The predicted molar refractivity (Wildman–Crippen MR) is 94.5 cm³/mol. The second-order valence-electron chi connectivity index (χ2n) is 5.32. The number of hydrogen-bond donors (Lipinski definition) is 2. The summed E-state index contributed by atoms with van der Waals surface area (Å²) in [4.78, 5) is 9.83. The quantitative estimate of drug-likeness (QED) is 0.635. The molecule has 0 saturated heterocycles. The first kappa shape index (κ1) is 16.5. The maximum absolute atomic E-state index is 4.34. The first-order valence-electron chi connectivity index (χ1n) is 7.60. The van der Waals surface area contributed by atoms with Gasteiger partial charge in [0.15, 0.2) is 5.96 Å². The van der Waals surface area contributed by atoms with E-state index in [4.69, 9.17) is 0 Å². The molecule has 1 aromatic carbocycles. The van der Waals surface area contributed by atoms with E-state index in [-0.39, 0.29) is 0 Å². The molecule has 0 fully saturated rings. The fourth-order valence-electron chi connectivity index (χ4n) is 2.22. The van der Waals surface area contributed by atoms with Gasteiger partial charge in [-0.15, -0.1) is 11.3 Å². The van der Waals surface area contributed by atoms with E-state index < -0.39 is 0 Å². The highest BCUT2D eigenvalue weighted by molar-refractivity contribution is 7.11. The van der Waals surface area contributed by atoms with Gasteiger partial charge in [-0.25, -0.2) is 4.98 Å². The van der Waals surface area contributed by atoms with Gasteiger partial charge in [-0.1, -0.05) is 37.3 Å². The van der Waals surface area contributed by atoms with Crippen molar-refractivity contribution in [3.63, 3.8) is 0 Å². The van der Waals surface area contributed by atoms with Crippen LogP contribution in [0.3, 0.4) is 0 Å². The van der Waals surface area contributed by atoms with Crippen LogP contribution in [-0.2, 0) is 6.54 Å². The summed E-state index contributed by atoms with van der Waals surface area (Å²) in [5.74, 6) is 1.36. The molecule has 0 bridgehead atoms. The maximum Gasteiger partial charge on any atom is 0.191 e. The average Bonchev–Trinajstić information content (AvgIpc) is 2.96. The molecule has 0 spiro atoms. The van der Waals surface area contributed by atoms with Crippen LogP contribution in [0.1, 0.15) is 34.7 Å². The summed E-state index contributed by atoms with van der Waals surface area (Å²) >= 11 is 1.71. The highest BCUT2D eigenvalue weighted by Gasteiger charge is 2.06. The highest BCUT2D eigenvalue weighted by atomic mass is 32.1. The van der Waals surface area contributed by atoms with Gasteiger partial charge in [0, 0.05) is 24.7 Å². The summed E-state index contributed by atoms with van der Waals surface area (Å²) < 4.78 is 0. The molecule has 0 aliphatic heterocycles. The van der Waals surface area contributed by atoms with Crippen molar-refractivity contribution in [2.24, 2.45) is 4.99 Å². The molecule has 0 aliphatic carbocycles. The van der Waals surface area contributed by atoms with Crippen LogP contribution >= 0.6 is 11.3 Å². The Hall–Kier alpha value is -1.88. The third-order valence-electron chi connectivity index (χ3n) is 3.54. The smallest absolute Gasteiger partial charge is 0.191 e. The van der Waals surface area contributed by atoms with Crippen LogP contribution in [0.5, 0.6) is 0 Å². The first-order chi connectivity index (χ1) is 10.7. The normalized spacial score (nSPS) is 13.0. The summed E-state index contributed by atoms with van der Waals surface area (Å²) in [5, 5.41) is 7.74. The van der Waals surface area contributed by atoms with Crippen molar-refractivity contribution in [2.75, 3.05) is 13.6 Å². The van der Waals surface area contributed by atoms with Gasteiger partial charge in [-0.05, 0) is 24.8 Å². The molecule has 2 aromatic rings. The molecule has 0 aliphatic rings. The Morgan fingerprint density at radius 3 is 2.68 bits per heavy atom. The average molecular weight is 316 g/mol. The number of nitrogens with zero attached hydrogens (tertiary/aromatic N) is 2. The standard InChI is InChI=1S/C17H24N4S/c1-13(15-7-5-4-6-8-15)9-10-19-17(18-3)21-12-16-20-11-14(2)22-16/h4-8,11,13H,9-10,12H2,1-3H3,(H2,18,19,21). The SMILES string of the molecule is CN=C(NCCC(C)c1ccccc1)NCc1ncc(C)s1. The summed E-state index contributed by atoms with van der Waals surface area (Å²) in [6.07, 6.45) is 2.97. The minimum Gasteiger partial charge on any atom is -0.356 e. The van der Waals surface area contributed by atoms with Gasteiger partial charge in [-0.2, -0.15) is 0 Å². The summed E-state index contributed by atoms with van der Waals surface area (Å²) in [5.41, 5.74) is 1.38. The molecule has 22 heavy (non-hydrogen) atoms. The number of nitrogens with one attached hydrogen (secondary N) is 2. The Morgan fingerprint density at radius 2 is 2.05 bits per heavy atom. The monoisotopic (exact) mass is 316 g/mol. The lowest BCUT2D eigenvalue weighted by molar-refractivity contribution is 0.652. The van der Waals surface area contributed by atoms with Gasteiger partial charge < -0.3 is 10.6 Å². The van der Waals surface area contributed by atoms with Crippen LogP contribution in [0.15, 0.2) is 41.5 Å². The lowest BCUT2D eigenvalue weighted by Crippen LogP contribution is -2.37. The summed E-state index contributed by atoms with van der Waals surface area (Å²) in [7, 11) is 1.79. The molecule has 0 amide bonds. The van der Waals surface area contributed by atoms with Crippen LogP contribution in [0.2, 0.25) is 0 Å². The molecular formula is C17H24N4S. The largest absolute Gasteiger partial charge is 0.356 e. The Labute approximate surface area is 136 Å². The second kappa shape index (κ2) is 8.54. The topological polar surface area (TPSA) is 49.3 Å². The van der Waals surface area contributed by atoms with Crippen molar-refractivity contribution < 1.29 is 0 Å². The van der Waals surface area contributed by atoms with E-state index in [0.29, 0.717) is 12.5 Å². The fraction of sp³-hybridized carbons (Fsp3) is 0.412. The van der Waals surface area contributed by atoms with Crippen LogP contribution in [0, 0.1) is 6.92 Å². The van der Waals surface area contributed by atoms with Gasteiger partial charge in [0.2, 0.25) is 0 Å². The molecule has 2 N–H and O–H groups in total. The van der Waals surface area contributed by atoms with E-state index in [1.54, 1.807) is 18.4 Å². The predicted octanol–water partition coefficient (Wildman–Crippen LogP) is 3.31. The van der Waals surface area contributed by atoms with Gasteiger partial charge in [0.25, 0.3) is 0 Å². The van der Waals surface area contributed by atoms with Crippen molar-refractivity contribution in [3.8, 4) is 0 Å². The highest BCUT2D eigenvalue weighted by Crippen LogP contribution is 2.17. The summed E-state index contributed by atoms with van der Waals surface area (Å²) in [6.45, 7) is 5.93. The van der Waals surface area contributed by atoms with E-state index in [1.165, 1.54) is 10.4 Å². The van der Waals surface area contributed by atoms with Crippen LogP contribution < -0.4 is 10.6 Å². The lowest BCUT2D eigenvalue weighted by Gasteiger charge is -2.14. The van der Waals surface area contributed by atoms with Gasteiger partial charge in [0.05, 0.1) is 6.54 Å². The van der Waals surface area contributed by atoms with E-state index in [2.05, 4.69) is 64.8 Å². The number of aromatic nitrogens is 1. The van der Waals surface area contributed by atoms with E-state index in [9.17, 15) is 0 Å². The van der Waals surface area contributed by atoms with Crippen molar-refractivity contribution in [3.05, 3.63) is 52.0 Å². The fourth-order valence-corrected chi connectivity index (χ4v) is 2.95. The van der Waals surface area contributed by atoms with Crippen molar-refractivity contribution >= 4 is 17.3 Å². The van der Waals surface area contributed by atoms with Crippen molar-refractivity contribution in [2.45, 2.75) is 32.7 Å². The molecule has 1 unspecified atom stereocenters. The minimum atomic E-state index is 0.536. The number of benzene rings is 1. The second-order valence-corrected chi connectivity index (χ2v) is 6.64. The molecule has 118 valence electrons. The van der Waals surface area contributed by atoms with Gasteiger partial charge in [-0.3, -0.25) is 4.99 Å². The molecule has 0 saturated carbocycles. The van der Waals surface area contributed by atoms with E-state index >= 15 is 0 Å². The number of hydrogen-bond acceptors (Lipinski definition) is 3. The molecule has 5 heteroatoms. The number of guanidine groups is 1. The van der Waals surface area contributed by atoms with Crippen LogP contribution in [-0.4, -0.2) is 24.5 Å². The Balaban J connectivity index is 1.72. The first-order valence-corrected chi connectivity index (χ1v) is 8.41. The number of thiazole rings is 1. The molecular weight excluding hydrogens is 292 g/mol. The Bertz CT molecular complexity index is 592. The number of aryl methyl sites for hydroxylation is 1. The third-order valence-corrected chi connectivity index (χ3v) is 4.45. The van der Waals surface area contributed by atoms with Crippen LogP contribution in [0.4, 0.5) is 0 Å². The molecule has 2 rings (SSSR count). The third kappa shape index (κ3) is 5.15. The molecule has 0 radical (unpaired) electrons. The van der Waals surface area contributed by atoms with Crippen molar-refractivity contribution in [1.82, 2.24) is 15.6 Å². The zero-order valence-electron chi connectivity index (χ0n) is 13.5.